The highest BCUT2D eigenvalue weighted by atomic mass is 16.5. The average Bonchev–Trinajstić information content (AvgIpc) is 3.09. The molecule has 104 valence electrons. The van der Waals surface area contributed by atoms with E-state index in [2.05, 4.69) is 39.7 Å². The molecule has 0 bridgehead atoms. The minimum absolute atomic E-state index is 0.344. The van der Waals surface area contributed by atoms with Gasteiger partial charge in [0.25, 0.3) is 0 Å². The lowest BCUT2D eigenvalue weighted by Crippen LogP contribution is -2.19. The summed E-state index contributed by atoms with van der Waals surface area (Å²) in [5, 5.41) is 7.58. The molecular formula is C16H19N3O. The first-order valence-electron chi connectivity index (χ1n) is 7.51. The van der Waals surface area contributed by atoms with Crippen LogP contribution in [0.4, 0.5) is 0 Å². The number of fused-ring (bicyclic) bond motifs is 1. The first-order chi connectivity index (χ1) is 9.90. The highest BCUT2D eigenvalue weighted by Gasteiger charge is 2.31. The van der Waals surface area contributed by atoms with Crippen LogP contribution in [-0.4, -0.2) is 23.2 Å². The van der Waals surface area contributed by atoms with Gasteiger partial charge in [0.1, 0.15) is 0 Å². The maximum atomic E-state index is 5.41. The van der Waals surface area contributed by atoms with Gasteiger partial charge in [-0.1, -0.05) is 29.4 Å². The van der Waals surface area contributed by atoms with Crippen molar-refractivity contribution < 1.29 is 4.52 Å². The Labute approximate surface area is 118 Å². The van der Waals surface area contributed by atoms with Crippen LogP contribution in [0, 0.1) is 5.92 Å². The molecule has 1 fully saturated rings. The molecule has 1 aromatic carbocycles. The van der Waals surface area contributed by atoms with Gasteiger partial charge in [-0.05, 0) is 49.4 Å². The van der Waals surface area contributed by atoms with E-state index in [4.69, 9.17) is 4.52 Å². The summed E-state index contributed by atoms with van der Waals surface area (Å²) in [7, 11) is 0. The van der Waals surface area contributed by atoms with Gasteiger partial charge in [0.2, 0.25) is 5.89 Å². The van der Waals surface area contributed by atoms with Gasteiger partial charge in [-0.25, -0.2) is 0 Å². The number of nitrogens with one attached hydrogen (secondary N) is 1. The molecule has 0 saturated carbocycles. The second-order valence-corrected chi connectivity index (χ2v) is 5.90. The Morgan fingerprint density at radius 1 is 1.30 bits per heavy atom. The molecule has 1 aliphatic carbocycles. The number of aromatic nitrogens is 2. The molecule has 0 amide bonds. The first-order valence-corrected chi connectivity index (χ1v) is 7.51. The SMILES string of the molecule is c1ccc2c(c1)CC2c1noc(CCC2CCNC2)n1. The van der Waals surface area contributed by atoms with Gasteiger partial charge in [-0.15, -0.1) is 0 Å². The zero-order chi connectivity index (χ0) is 13.4. The lowest BCUT2D eigenvalue weighted by molar-refractivity contribution is 0.358. The van der Waals surface area contributed by atoms with Crippen molar-refractivity contribution in [1.29, 1.82) is 0 Å². The molecular weight excluding hydrogens is 250 g/mol. The minimum Gasteiger partial charge on any atom is -0.339 e. The van der Waals surface area contributed by atoms with Crippen molar-refractivity contribution in [1.82, 2.24) is 15.5 Å². The van der Waals surface area contributed by atoms with Crippen LogP contribution in [0.5, 0.6) is 0 Å². The van der Waals surface area contributed by atoms with Crippen LogP contribution in [0.3, 0.4) is 0 Å². The fraction of sp³-hybridized carbons (Fsp3) is 0.500. The van der Waals surface area contributed by atoms with Crippen LogP contribution in [-0.2, 0) is 12.8 Å². The topological polar surface area (TPSA) is 51.0 Å². The average molecular weight is 269 g/mol. The van der Waals surface area contributed by atoms with E-state index < -0.39 is 0 Å². The standard InChI is InChI=1S/C16H19N3O/c1-2-4-13-12(3-1)9-14(13)16-18-15(20-19-16)6-5-11-7-8-17-10-11/h1-4,11,14,17H,5-10H2. The number of hydrogen-bond acceptors (Lipinski definition) is 4. The molecule has 1 N–H and O–H groups in total. The predicted octanol–water partition coefficient (Wildman–Crippen LogP) is 2.30. The lowest BCUT2D eigenvalue weighted by Gasteiger charge is -2.27. The monoisotopic (exact) mass is 269 g/mol. The molecule has 2 heterocycles. The predicted molar refractivity (Wildman–Crippen MR) is 75.6 cm³/mol. The Morgan fingerprint density at radius 3 is 3.10 bits per heavy atom. The van der Waals surface area contributed by atoms with Crippen molar-refractivity contribution in [2.75, 3.05) is 13.1 Å². The first kappa shape index (κ1) is 12.1. The summed E-state index contributed by atoms with van der Waals surface area (Å²) >= 11 is 0. The fourth-order valence-corrected chi connectivity index (χ4v) is 3.29. The molecule has 1 aromatic heterocycles. The normalized spacial score (nSPS) is 24.4. The summed E-state index contributed by atoms with van der Waals surface area (Å²) in [6.45, 7) is 2.29. The summed E-state index contributed by atoms with van der Waals surface area (Å²) in [5.41, 5.74) is 2.78. The van der Waals surface area contributed by atoms with Crippen LogP contribution in [0.1, 0.15) is 41.6 Å². The molecule has 4 rings (SSSR count). The minimum atomic E-state index is 0.344. The Bertz CT molecular complexity index is 601. The zero-order valence-electron chi connectivity index (χ0n) is 11.5. The van der Waals surface area contributed by atoms with E-state index >= 15 is 0 Å². The van der Waals surface area contributed by atoms with Crippen molar-refractivity contribution in [3.63, 3.8) is 0 Å². The van der Waals surface area contributed by atoms with Crippen molar-refractivity contribution in [2.45, 2.75) is 31.6 Å². The van der Waals surface area contributed by atoms with Crippen LogP contribution in [0.25, 0.3) is 0 Å². The zero-order valence-corrected chi connectivity index (χ0v) is 11.5. The summed E-state index contributed by atoms with van der Waals surface area (Å²) < 4.78 is 5.41. The molecule has 1 aliphatic heterocycles. The van der Waals surface area contributed by atoms with Crippen LogP contribution >= 0.6 is 0 Å². The number of aryl methyl sites for hydroxylation is 1. The maximum absolute atomic E-state index is 5.41. The third-order valence-corrected chi connectivity index (χ3v) is 4.58. The molecule has 2 aliphatic rings. The maximum Gasteiger partial charge on any atom is 0.226 e. The van der Waals surface area contributed by atoms with E-state index in [-0.39, 0.29) is 0 Å². The van der Waals surface area contributed by atoms with E-state index in [9.17, 15) is 0 Å². The van der Waals surface area contributed by atoms with Gasteiger partial charge in [0.15, 0.2) is 5.82 Å². The molecule has 4 heteroatoms. The van der Waals surface area contributed by atoms with Crippen LogP contribution < -0.4 is 5.32 Å². The van der Waals surface area contributed by atoms with Gasteiger partial charge in [-0.2, -0.15) is 4.98 Å². The number of benzene rings is 1. The number of rotatable bonds is 4. The third kappa shape index (κ3) is 2.14. The van der Waals surface area contributed by atoms with Gasteiger partial charge in [-0.3, -0.25) is 0 Å². The Morgan fingerprint density at radius 2 is 2.25 bits per heavy atom. The summed E-state index contributed by atoms with van der Waals surface area (Å²) in [6.07, 6.45) is 4.38. The van der Waals surface area contributed by atoms with E-state index in [1.165, 1.54) is 17.5 Å². The van der Waals surface area contributed by atoms with Crippen molar-refractivity contribution >= 4 is 0 Å². The highest BCUT2D eigenvalue weighted by molar-refractivity contribution is 5.43. The quantitative estimate of drug-likeness (QED) is 0.925. The fourth-order valence-electron chi connectivity index (χ4n) is 3.29. The van der Waals surface area contributed by atoms with Crippen molar-refractivity contribution in [3.05, 3.63) is 47.1 Å². The number of nitrogens with zero attached hydrogens (tertiary/aromatic N) is 2. The summed E-state index contributed by atoms with van der Waals surface area (Å²) in [5.74, 6) is 2.78. The van der Waals surface area contributed by atoms with Crippen molar-refractivity contribution in [3.8, 4) is 0 Å². The lowest BCUT2D eigenvalue weighted by atomic mass is 9.77. The molecule has 4 nitrogen and oxygen atoms in total. The van der Waals surface area contributed by atoms with Gasteiger partial charge >= 0.3 is 0 Å². The van der Waals surface area contributed by atoms with Gasteiger partial charge in [0.05, 0.1) is 5.92 Å². The van der Waals surface area contributed by atoms with E-state index in [0.717, 1.165) is 50.0 Å². The van der Waals surface area contributed by atoms with Crippen LogP contribution in [0.2, 0.25) is 0 Å². The van der Waals surface area contributed by atoms with Gasteiger partial charge < -0.3 is 9.84 Å². The Balaban J connectivity index is 1.41. The van der Waals surface area contributed by atoms with Crippen LogP contribution in [0.15, 0.2) is 28.8 Å². The molecule has 20 heavy (non-hydrogen) atoms. The molecule has 2 unspecified atom stereocenters. The van der Waals surface area contributed by atoms with E-state index in [1.54, 1.807) is 0 Å². The Kier molecular flexibility index (Phi) is 3.03. The molecule has 0 radical (unpaired) electrons. The highest BCUT2D eigenvalue weighted by Crippen LogP contribution is 2.38. The Hall–Kier alpha value is -1.68. The summed E-state index contributed by atoms with van der Waals surface area (Å²) in [6, 6.07) is 8.52. The second-order valence-electron chi connectivity index (χ2n) is 5.90. The molecule has 0 spiro atoms. The van der Waals surface area contributed by atoms with E-state index in [1.807, 2.05) is 0 Å². The second kappa shape index (κ2) is 5.02. The molecule has 1 saturated heterocycles. The molecule has 2 atom stereocenters. The number of hydrogen-bond donors (Lipinski definition) is 1. The summed E-state index contributed by atoms with van der Waals surface area (Å²) in [4.78, 5) is 4.59. The van der Waals surface area contributed by atoms with E-state index in [0.29, 0.717) is 5.92 Å². The van der Waals surface area contributed by atoms with Crippen molar-refractivity contribution in [2.24, 2.45) is 5.92 Å². The molecule has 2 aromatic rings. The smallest absolute Gasteiger partial charge is 0.226 e. The van der Waals surface area contributed by atoms with Gasteiger partial charge in [0, 0.05) is 6.42 Å². The third-order valence-electron chi connectivity index (χ3n) is 4.58. The largest absolute Gasteiger partial charge is 0.339 e.